The highest BCUT2D eigenvalue weighted by atomic mass is 16.5. The number of rotatable bonds is 7. The Balaban J connectivity index is 0.00000233. The van der Waals surface area contributed by atoms with Gasteiger partial charge in [0.1, 0.15) is 17.2 Å². The predicted octanol–water partition coefficient (Wildman–Crippen LogP) is 3.95. The Labute approximate surface area is 183 Å². The van der Waals surface area contributed by atoms with Crippen LogP contribution in [0.2, 0.25) is 0 Å². The third-order valence-corrected chi connectivity index (χ3v) is 4.24. The van der Waals surface area contributed by atoms with Crippen molar-refractivity contribution in [3.63, 3.8) is 0 Å². The van der Waals surface area contributed by atoms with Gasteiger partial charge in [0.05, 0.1) is 37.9 Å². The molecule has 2 rings (SSSR count). The van der Waals surface area contributed by atoms with E-state index in [9.17, 15) is 9.90 Å². The summed E-state index contributed by atoms with van der Waals surface area (Å²) in [6, 6.07) is 8.24. The minimum Gasteiger partial charge on any atom is -0.507 e. The molecule has 9 heteroatoms. The molecule has 0 aliphatic rings. The molecule has 0 aliphatic heterocycles. The topological polar surface area (TPSA) is 132 Å². The zero-order valence-electron chi connectivity index (χ0n) is 18.9. The maximum Gasteiger partial charge on any atom is 0.411 e. The summed E-state index contributed by atoms with van der Waals surface area (Å²) >= 11 is 0. The summed E-state index contributed by atoms with van der Waals surface area (Å²) in [6.07, 6.45) is 0.707. The highest BCUT2D eigenvalue weighted by molar-refractivity contribution is 5.89. The van der Waals surface area contributed by atoms with E-state index in [0.717, 1.165) is 0 Å². The fraction of sp³-hybridized carbons (Fsp3) is 0.318. The van der Waals surface area contributed by atoms with Crippen LogP contribution in [0.3, 0.4) is 0 Å². The van der Waals surface area contributed by atoms with Gasteiger partial charge in [-0.15, -0.1) is 0 Å². The Kier molecular flexibility index (Phi) is 10.0. The average Bonchev–Trinajstić information content (AvgIpc) is 2.77. The van der Waals surface area contributed by atoms with Gasteiger partial charge in [0.2, 0.25) is 0 Å². The fourth-order valence-electron chi connectivity index (χ4n) is 2.71. The number of ether oxygens (including phenoxy) is 3. The number of anilines is 2. The third-order valence-electron chi connectivity index (χ3n) is 4.24. The molecule has 2 aromatic rings. The van der Waals surface area contributed by atoms with E-state index in [1.165, 1.54) is 31.5 Å². The van der Waals surface area contributed by atoms with Gasteiger partial charge in [0.15, 0.2) is 0 Å². The van der Waals surface area contributed by atoms with Crippen LogP contribution in [0.25, 0.3) is 5.70 Å². The molecule has 31 heavy (non-hydrogen) atoms. The van der Waals surface area contributed by atoms with Crippen LogP contribution in [-0.2, 0) is 4.74 Å². The van der Waals surface area contributed by atoms with Crippen molar-refractivity contribution < 1.29 is 24.1 Å². The minimum absolute atomic E-state index is 0.0329. The molecule has 0 unspecified atom stereocenters. The maximum atomic E-state index is 11.8. The van der Waals surface area contributed by atoms with Gasteiger partial charge in [-0.1, -0.05) is 13.8 Å². The van der Waals surface area contributed by atoms with Crippen LogP contribution in [0.1, 0.15) is 31.9 Å². The second-order valence-corrected chi connectivity index (χ2v) is 5.97. The summed E-state index contributed by atoms with van der Waals surface area (Å²) in [5.74, 6) is 7.22. The summed E-state index contributed by atoms with van der Waals surface area (Å²) in [6.45, 7) is 7.67. The quantitative estimate of drug-likeness (QED) is 0.382. The van der Waals surface area contributed by atoms with Gasteiger partial charge in [-0.05, 0) is 32.0 Å². The predicted molar refractivity (Wildman–Crippen MR) is 123 cm³/mol. The van der Waals surface area contributed by atoms with Gasteiger partial charge in [-0.2, -0.15) is 0 Å². The lowest BCUT2D eigenvalue weighted by atomic mass is 10.1. The van der Waals surface area contributed by atoms with E-state index in [2.05, 4.69) is 5.32 Å². The lowest BCUT2D eigenvalue weighted by Crippen LogP contribution is -2.30. The molecular weight excluding hydrogens is 400 g/mol. The van der Waals surface area contributed by atoms with Crippen molar-refractivity contribution in [1.29, 1.82) is 0 Å². The molecule has 170 valence electrons. The number of aromatic hydroxyl groups is 1. The Morgan fingerprint density at radius 3 is 2.35 bits per heavy atom. The number of nitrogens with zero attached hydrogens (tertiary/aromatic N) is 1. The fourth-order valence-corrected chi connectivity index (χ4v) is 2.71. The molecule has 0 radical (unpaired) electrons. The second-order valence-electron chi connectivity index (χ2n) is 5.97. The zero-order chi connectivity index (χ0) is 23.6. The van der Waals surface area contributed by atoms with Gasteiger partial charge in [-0.25, -0.2) is 10.6 Å². The monoisotopic (exact) mass is 432 g/mol. The molecule has 0 fully saturated rings. The van der Waals surface area contributed by atoms with E-state index in [4.69, 9.17) is 25.8 Å². The molecule has 6 N–H and O–H groups in total. The van der Waals surface area contributed by atoms with Gasteiger partial charge < -0.3 is 25.1 Å². The van der Waals surface area contributed by atoms with Crippen LogP contribution >= 0.6 is 0 Å². The number of phenolic OH excluding ortho intramolecular Hbond substituents is 1. The van der Waals surface area contributed by atoms with Crippen LogP contribution in [-0.4, -0.2) is 32.0 Å². The molecule has 0 aromatic heterocycles. The van der Waals surface area contributed by atoms with Crippen LogP contribution < -0.4 is 31.4 Å². The first-order chi connectivity index (χ1) is 14.9. The van der Waals surface area contributed by atoms with Crippen molar-refractivity contribution in [3.8, 4) is 17.2 Å². The normalized spacial score (nSPS) is 10.5. The lowest BCUT2D eigenvalue weighted by molar-refractivity contribution is 0.168. The summed E-state index contributed by atoms with van der Waals surface area (Å²) in [5, 5.41) is 14.1. The molecule has 1 amide bonds. The largest absolute Gasteiger partial charge is 0.507 e. The van der Waals surface area contributed by atoms with Crippen LogP contribution in [0, 0.1) is 6.92 Å². The lowest BCUT2D eigenvalue weighted by Gasteiger charge is -2.24. The highest BCUT2D eigenvalue weighted by Crippen LogP contribution is 2.35. The van der Waals surface area contributed by atoms with E-state index in [1.54, 1.807) is 38.1 Å². The standard InChI is InChI=1S/C20H26N4O5.C2H6/c1-5-29-20(26)23-15-8-13(6-7-18(15)27-3)16(11-21)24(22)14-9-17(25)12(2)19(10-14)28-4;1-2/h6-11,25H,5,21-22H2,1-4H3,(H,23,26);1-2H3/b16-11-;. The molecule has 0 spiro atoms. The van der Waals surface area contributed by atoms with E-state index >= 15 is 0 Å². The van der Waals surface area contributed by atoms with Crippen LogP contribution in [0.4, 0.5) is 16.2 Å². The highest BCUT2D eigenvalue weighted by Gasteiger charge is 2.17. The van der Waals surface area contributed by atoms with Gasteiger partial charge in [-0.3, -0.25) is 10.3 Å². The summed E-state index contributed by atoms with van der Waals surface area (Å²) in [5.41, 5.74) is 8.29. The van der Waals surface area contributed by atoms with Gasteiger partial charge in [0.25, 0.3) is 0 Å². The number of hydrogen-bond acceptors (Lipinski definition) is 8. The van der Waals surface area contributed by atoms with E-state index < -0.39 is 6.09 Å². The number of carbonyl (C=O) groups is 1. The Morgan fingerprint density at radius 1 is 1.16 bits per heavy atom. The molecule has 0 heterocycles. The Bertz CT molecular complexity index is 915. The summed E-state index contributed by atoms with van der Waals surface area (Å²) < 4.78 is 15.5. The first-order valence-corrected chi connectivity index (χ1v) is 9.82. The van der Waals surface area contributed by atoms with E-state index in [0.29, 0.717) is 39.7 Å². The minimum atomic E-state index is -0.612. The van der Waals surface area contributed by atoms with Crippen molar-refractivity contribution in [3.05, 3.63) is 47.7 Å². The number of amides is 1. The first kappa shape index (κ1) is 25.4. The van der Waals surface area contributed by atoms with Gasteiger partial charge in [0, 0.05) is 29.5 Å². The molecular formula is C22H32N4O5. The van der Waals surface area contributed by atoms with Crippen molar-refractivity contribution in [1.82, 2.24) is 0 Å². The van der Waals surface area contributed by atoms with E-state index in [-0.39, 0.29) is 12.4 Å². The molecule has 0 atom stereocenters. The molecule has 0 aliphatic carbocycles. The smallest absolute Gasteiger partial charge is 0.411 e. The number of phenols is 1. The third kappa shape index (κ3) is 6.19. The number of hydrogen-bond donors (Lipinski definition) is 4. The first-order valence-electron chi connectivity index (χ1n) is 9.82. The Morgan fingerprint density at radius 2 is 1.81 bits per heavy atom. The number of carbonyl (C=O) groups excluding carboxylic acids is 1. The number of benzene rings is 2. The van der Waals surface area contributed by atoms with E-state index in [1.807, 2.05) is 13.8 Å². The van der Waals surface area contributed by atoms with Crippen LogP contribution in [0.15, 0.2) is 36.5 Å². The van der Waals surface area contributed by atoms with Crippen molar-refractivity contribution in [2.24, 2.45) is 11.6 Å². The number of hydrazine groups is 1. The molecule has 0 saturated carbocycles. The summed E-state index contributed by atoms with van der Waals surface area (Å²) in [4.78, 5) is 11.8. The summed E-state index contributed by atoms with van der Waals surface area (Å²) in [7, 11) is 2.99. The average molecular weight is 433 g/mol. The number of nitrogens with two attached hydrogens (primary N) is 2. The van der Waals surface area contributed by atoms with Crippen molar-refractivity contribution in [2.75, 3.05) is 31.2 Å². The van der Waals surface area contributed by atoms with Gasteiger partial charge >= 0.3 is 6.09 Å². The molecule has 0 saturated heterocycles. The number of nitrogens with one attached hydrogen (secondary N) is 1. The number of methoxy groups -OCH3 is 2. The molecule has 2 aromatic carbocycles. The molecule has 9 nitrogen and oxygen atoms in total. The van der Waals surface area contributed by atoms with Crippen molar-refractivity contribution in [2.45, 2.75) is 27.7 Å². The zero-order valence-corrected chi connectivity index (χ0v) is 18.9. The SMILES string of the molecule is CC.CCOC(=O)Nc1cc(/C(=C/N)N(N)c2cc(O)c(C)c(OC)c2)ccc1OC. The van der Waals surface area contributed by atoms with Crippen molar-refractivity contribution >= 4 is 23.2 Å². The Hall–Kier alpha value is -3.59. The van der Waals surface area contributed by atoms with Crippen LogP contribution in [0.5, 0.6) is 17.2 Å². The second kappa shape index (κ2) is 12.2. The molecule has 0 bridgehead atoms. The maximum absolute atomic E-state index is 11.8.